The smallest absolute Gasteiger partial charge is 0.328 e. The van der Waals surface area contributed by atoms with Gasteiger partial charge in [-0.2, -0.15) is 0 Å². The maximum Gasteiger partial charge on any atom is 0.328 e. The summed E-state index contributed by atoms with van der Waals surface area (Å²) in [5, 5.41) is 8.98. The number of carboxylic acids is 1. The summed E-state index contributed by atoms with van der Waals surface area (Å²) in [6, 6.07) is 18.7. The molecule has 0 unspecified atom stereocenters. The zero-order chi connectivity index (χ0) is 27.3. The molecule has 1 aliphatic carbocycles. The third-order valence-electron chi connectivity index (χ3n) is 6.78. The highest BCUT2D eigenvalue weighted by Gasteiger charge is 2.27. The van der Waals surface area contributed by atoms with Crippen molar-refractivity contribution in [3.05, 3.63) is 89.8 Å². The monoisotopic (exact) mass is 535 g/mol. The van der Waals surface area contributed by atoms with Crippen molar-refractivity contribution in [1.29, 1.82) is 0 Å². The maximum absolute atomic E-state index is 14.4. The SMILES string of the molecule is CS(=O)(=O)c1ccc(-c2ccc(CN(C(=O)C3CCCCC3)c3cccc(C=CC(=O)O)c3)cc2)cc1F. The van der Waals surface area contributed by atoms with Crippen LogP contribution in [-0.2, 0) is 26.0 Å². The average molecular weight is 536 g/mol. The number of anilines is 1. The van der Waals surface area contributed by atoms with Crippen molar-refractivity contribution >= 4 is 33.5 Å². The second kappa shape index (κ2) is 11.7. The van der Waals surface area contributed by atoms with Crippen LogP contribution in [0, 0.1) is 11.7 Å². The van der Waals surface area contributed by atoms with E-state index in [4.69, 9.17) is 5.11 Å². The van der Waals surface area contributed by atoms with Crippen LogP contribution in [0.4, 0.5) is 10.1 Å². The molecule has 0 radical (unpaired) electrons. The third kappa shape index (κ3) is 6.75. The molecule has 0 saturated heterocycles. The number of carbonyl (C=O) groups excluding carboxylic acids is 1. The van der Waals surface area contributed by atoms with Gasteiger partial charge in [-0.3, -0.25) is 4.79 Å². The fourth-order valence-corrected chi connectivity index (χ4v) is 5.52. The van der Waals surface area contributed by atoms with Gasteiger partial charge >= 0.3 is 5.97 Å². The Bertz CT molecular complexity index is 1460. The Morgan fingerprint density at radius 1 is 0.974 bits per heavy atom. The summed E-state index contributed by atoms with van der Waals surface area (Å²) in [6.07, 6.45) is 8.41. The lowest BCUT2D eigenvalue weighted by Crippen LogP contribution is -2.36. The van der Waals surface area contributed by atoms with Crippen molar-refractivity contribution in [2.24, 2.45) is 5.92 Å². The van der Waals surface area contributed by atoms with Gasteiger partial charge in [-0.05, 0) is 65.4 Å². The lowest BCUT2D eigenvalue weighted by molar-refractivity contribution is -0.131. The van der Waals surface area contributed by atoms with Gasteiger partial charge in [-0.1, -0.05) is 61.7 Å². The van der Waals surface area contributed by atoms with Crippen molar-refractivity contribution in [2.75, 3.05) is 11.2 Å². The van der Waals surface area contributed by atoms with Gasteiger partial charge in [0.15, 0.2) is 9.84 Å². The Hall–Kier alpha value is -3.78. The van der Waals surface area contributed by atoms with E-state index in [-0.39, 0.29) is 16.7 Å². The van der Waals surface area contributed by atoms with Gasteiger partial charge in [0.1, 0.15) is 10.7 Å². The molecule has 0 aromatic heterocycles. The Kier molecular flexibility index (Phi) is 8.42. The summed E-state index contributed by atoms with van der Waals surface area (Å²) in [5.41, 5.74) is 3.52. The van der Waals surface area contributed by atoms with Gasteiger partial charge in [-0.15, -0.1) is 0 Å². The number of sulfone groups is 1. The summed E-state index contributed by atoms with van der Waals surface area (Å²) < 4.78 is 37.8. The minimum absolute atomic E-state index is 0.0478. The van der Waals surface area contributed by atoms with Crippen LogP contribution in [0.2, 0.25) is 0 Å². The molecular weight excluding hydrogens is 505 g/mol. The second-order valence-electron chi connectivity index (χ2n) is 9.64. The highest BCUT2D eigenvalue weighted by Crippen LogP contribution is 2.30. The van der Waals surface area contributed by atoms with Crippen molar-refractivity contribution in [3.8, 4) is 11.1 Å². The molecule has 0 bridgehead atoms. The summed E-state index contributed by atoms with van der Waals surface area (Å²) >= 11 is 0. The van der Waals surface area contributed by atoms with Crippen molar-refractivity contribution in [2.45, 2.75) is 43.5 Å². The van der Waals surface area contributed by atoms with Crippen molar-refractivity contribution in [1.82, 2.24) is 0 Å². The molecule has 6 nitrogen and oxygen atoms in total. The van der Waals surface area contributed by atoms with Crippen LogP contribution in [0.1, 0.15) is 43.2 Å². The molecule has 0 heterocycles. The largest absolute Gasteiger partial charge is 0.478 e. The van der Waals surface area contributed by atoms with Gasteiger partial charge in [-0.25, -0.2) is 17.6 Å². The van der Waals surface area contributed by atoms with Crippen LogP contribution >= 0.6 is 0 Å². The number of hydrogen-bond acceptors (Lipinski definition) is 4. The predicted octanol–water partition coefficient (Wildman–Crippen LogP) is 6.11. The minimum atomic E-state index is -3.65. The number of nitrogens with zero attached hydrogens (tertiary/aromatic N) is 1. The molecule has 1 aliphatic rings. The maximum atomic E-state index is 14.4. The summed E-state index contributed by atoms with van der Waals surface area (Å²) in [4.78, 5) is 26.0. The van der Waals surface area contributed by atoms with E-state index in [0.717, 1.165) is 55.6 Å². The molecule has 3 aromatic carbocycles. The molecule has 4 rings (SSSR count). The minimum Gasteiger partial charge on any atom is -0.478 e. The molecular formula is C30H30FNO5S. The van der Waals surface area contributed by atoms with E-state index in [1.807, 2.05) is 30.3 Å². The zero-order valence-electron chi connectivity index (χ0n) is 21.1. The molecule has 0 spiro atoms. The molecule has 198 valence electrons. The van der Waals surface area contributed by atoms with E-state index in [9.17, 15) is 22.4 Å². The lowest BCUT2D eigenvalue weighted by Gasteiger charge is -2.30. The number of rotatable bonds is 8. The van der Waals surface area contributed by atoms with Gasteiger partial charge < -0.3 is 10.0 Å². The van der Waals surface area contributed by atoms with Crippen molar-refractivity contribution in [3.63, 3.8) is 0 Å². The third-order valence-corrected chi connectivity index (χ3v) is 7.91. The number of amides is 1. The zero-order valence-corrected chi connectivity index (χ0v) is 22.0. The highest BCUT2D eigenvalue weighted by atomic mass is 32.2. The van der Waals surface area contributed by atoms with Crippen molar-refractivity contribution < 1.29 is 27.5 Å². The van der Waals surface area contributed by atoms with E-state index in [0.29, 0.717) is 23.4 Å². The standard InChI is InChI=1S/C30H30FNO5S/c1-38(36,37)28-16-15-25(19-27(28)31)23-13-10-22(11-14-23)20-32(30(35)24-7-3-2-4-8-24)26-9-5-6-21(18-26)12-17-29(33)34/h5-6,9-19,24H,2-4,7-8,20H2,1H3,(H,33,34). The quantitative estimate of drug-likeness (QED) is 0.352. The average Bonchev–Trinajstić information content (AvgIpc) is 2.90. The first-order valence-corrected chi connectivity index (χ1v) is 14.4. The number of benzene rings is 3. The number of aliphatic carboxylic acids is 1. The Morgan fingerprint density at radius 2 is 1.66 bits per heavy atom. The van der Waals surface area contributed by atoms with Gasteiger partial charge in [0, 0.05) is 23.9 Å². The molecule has 3 aromatic rings. The lowest BCUT2D eigenvalue weighted by atomic mass is 9.88. The summed E-state index contributed by atoms with van der Waals surface area (Å²) in [6.45, 7) is 0.323. The van der Waals surface area contributed by atoms with Crippen LogP contribution in [0.5, 0.6) is 0 Å². The second-order valence-corrected chi connectivity index (χ2v) is 11.6. The number of carbonyl (C=O) groups is 2. The number of carboxylic acid groups (broad SMARTS) is 1. The fraction of sp³-hybridized carbons (Fsp3) is 0.267. The van der Waals surface area contributed by atoms with Gasteiger partial charge in [0.2, 0.25) is 5.91 Å². The first kappa shape index (κ1) is 27.3. The molecule has 1 N–H and O–H groups in total. The highest BCUT2D eigenvalue weighted by molar-refractivity contribution is 7.90. The molecule has 1 fully saturated rings. The molecule has 38 heavy (non-hydrogen) atoms. The normalized spacial score (nSPS) is 14.5. The molecule has 0 aliphatic heterocycles. The van der Waals surface area contributed by atoms with E-state index >= 15 is 0 Å². The van der Waals surface area contributed by atoms with Gasteiger partial charge in [0.25, 0.3) is 0 Å². The van der Waals surface area contributed by atoms with E-state index in [1.165, 1.54) is 18.2 Å². The summed E-state index contributed by atoms with van der Waals surface area (Å²) in [5.74, 6) is -1.85. The van der Waals surface area contributed by atoms with Gasteiger partial charge in [0.05, 0.1) is 6.54 Å². The van der Waals surface area contributed by atoms with Crippen LogP contribution in [0.3, 0.4) is 0 Å². The number of halogens is 1. The Balaban J connectivity index is 1.61. The Morgan fingerprint density at radius 3 is 2.29 bits per heavy atom. The predicted molar refractivity (Wildman–Crippen MR) is 146 cm³/mol. The van der Waals surface area contributed by atoms with Crippen LogP contribution in [0.25, 0.3) is 17.2 Å². The Labute approximate surface area is 222 Å². The topological polar surface area (TPSA) is 91.8 Å². The first-order chi connectivity index (χ1) is 18.1. The molecule has 1 saturated carbocycles. The van der Waals surface area contributed by atoms with Crippen LogP contribution < -0.4 is 4.90 Å². The van der Waals surface area contributed by atoms with Crippen LogP contribution in [0.15, 0.2) is 77.7 Å². The fourth-order valence-electron chi connectivity index (χ4n) is 4.80. The van der Waals surface area contributed by atoms with E-state index in [1.54, 1.807) is 29.2 Å². The van der Waals surface area contributed by atoms with E-state index < -0.39 is 21.6 Å². The first-order valence-electron chi connectivity index (χ1n) is 12.5. The molecule has 0 atom stereocenters. The number of hydrogen-bond donors (Lipinski definition) is 1. The summed E-state index contributed by atoms with van der Waals surface area (Å²) in [7, 11) is -3.65. The van der Waals surface area contributed by atoms with Crippen LogP contribution in [-0.4, -0.2) is 31.7 Å². The molecule has 1 amide bonds. The molecule has 8 heteroatoms. The van der Waals surface area contributed by atoms with E-state index in [2.05, 4.69) is 0 Å².